The van der Waals surface area contributed by atoms with Gasteiger partial charge in [0.05, 0.1) is 4.47 Å². The van der Waals surface area contributed by atoms with Crippen molar-refractivity contribution in [2.45, 2.75) is 0 Å². The van der Waals surface area contributed by atoms with Crippen molar-refractivity contribution in [2.75, 3.05) is 5.32 Å². The molecule has 6 heteroatoms. The molecule has 1 amide bonds. The van der Waals surface area contributed by atoms with Crippen LogP contribution in [0.2, 0.25) is 0 Å². The first-order valence-corrected chi connectivity index (χ1v) is 5.55. The number of hydrogen-bond donors (Lipinski definition) is 1. The molecule has 86 valence electrons. The molecule has 5 nitrogen and oxygen atoms in total. The van der Waals surface area contributed by atoms with Gasteiger partial charge in [-0.1, -0.05) is 18.2 Å². The van der Waals surface area contributed by atoms with Crippen LogP contribution in [0.4, 0.5) is 10.7 Å². The van der Waals surface area contributed by atoms with Gasteiger partial charge in [0.25, 0.3) is 0 Å². The number of hydrogen-bond acceptors (Lipinski definition) is 4. The average Bonchev–Trinajstić information content (AvgIpc) is 2.33. The summed E-state index contributed by atoms with van der Waals surface area (Å²) in [6, 6.07) is 8.75. The molecule has 0 radical (unpaired) electrons. The SMILES string of the molecule is O=C(Nc1ncc(Br)cn1)Oc1ccccc1. The van der Waals surface area contributed by atoms with Crippen LogP contribution in [-0.2, 0) is 0 Å². The fourth-order valence-corrected chi connectivity index (χ4v) is 1.29. The number of para-hydroxylation sites is 1. The van der Waals surface area contributed by atoms with Gasteiger partial charge in [-0.2, -0.15) is 0 Å². The van der Waals surface area contributed by atoms with E-state index in [1.165, 1.54) is 12.4 Å². The summed E-state index contributed by atoms with van der Waals surface area (Å²) >= 11 is 3.20. The van der Waals surface area contributed by atoms with E-state index in [4.69, 9.17) is 4.74 Å². The normalized spacial score (nSPS) is 9.71. The van der Waals surface area contributed by atoms with E-state index in [0.717, 1.165) is 4.47 Å². The summed E-state index contributed by atoms with van der Waals surface area (Å²) < 4.78 is 5.74. The van der Waals surface area contributed by atoms with Crippen LogP contribution in [0, 0.1) is 0 Å². The molecule has 0 spiro atoms. The standard InChI is InChI=1S/C11H8BrN3O2/c12-8-6-13-10(14-7-8)15-11(16)17-9-4-2-1-3-5-9/h1-7H,(H,13,14,15,16). The Morgan fingerprint density at radius 1 is 1.18 bits per heavy atom. The highest BCUT2D eigenvalue weighted by molar-refractivity contribution is 9.10. The van der Waals surface area contributed by atoms with Crippen LogP contribution >= 0.6 is 15.9 Å². The number of halogens is 1. The highest BCUT2D eigenvalue weighted by Gasteiger charge is 2.06. The van der Waals surface area contributed by atoms with Gasteiger partial charge < -0.3 is 4.74 Å². The molecular formula is C11H8BrN3O2. The predicted octanol–water partition coefficient (Wildman–Crippen LogP) is 2.85. The van der Waals surface area contributed by atoms with Gasteiger partial charge in [-0.3, -0.25) is 5.32 Å². The summed E-state index contributed by atoms with van der Waals surface area (Å²) in [7, 11) is 0. The number of nitrogens with zero attached hydrogens (tertiary/aromatic N) is 2. The van der Waals surface area contributed by atoms with Crippen molar-refractivity contribution in [3.8, 4) is 5.75 Å². The maximum atomic E-state index is 11.4. The zero-order valence-electron chi connectivity index (χ0n) is 8.63. The second kappa shape index (κ2) is 5.40. The average molecular weight is 294 g/mol. The van der Waals surface area contributed by atoms with Crippen molar-refractivity contribution in [1.82, 2.24) is 9.97 Å². The second-order valence-electron chi connectivity index (χ2n) is 3.05. The van der Waals surface area contributed by atoms with Crippen molar-refractivity contribution in [1.29, 1.82) is 0 Å². The summed E-state index contributed by atoms with van der Waals surface area (Å²) in [6.45, 7) is 0. The summed E-state index contributed by atoms with van der Waals surface area (Å²) in [5.74, 6) is 0.649. The van der Waals surface area contributed by atoms with Gasteiger partial charge in [-0.05, 0) is 28.1 Å². The number of benzene rings is 1. The number of carbonyl (C=O) groups is 1. The molecule has 0 aliphatic heterocycles. The van der Waals surface area contributed by atoms with Crippen molar-refractivity contribution in [3.05, 3.63) is 47.2 Å². The molecule has 17 heavy (non-hydrogen) atoms. The van der Waals surface area contributed by atoms with Crippen LogP contribution in [0.3, 0.4) is 0 Å². The van der Waals surface area contributed by atoms with E-state index in [1.807, 2.05) is 6.07 Å². The molecule has 1 aromatic heterocycles. The predicted molar refractivity (Wildman–Crippen MR) is 65.8 cm³/mol. The molecule has 1 N–H and O–H groups in total. The Kier molecular flexibility index (Phi) is 3.66. The van der Waals surface area contributed by atoms with Crippen LogP contribution in [0.15, 0.2) is 47.2 Å². The van der Waals surface area contributed by atoms with Gasteiger partial charge in [-0.25, -0.2) is 14.8 Å². The number of anilines is 1. The van der Waals surface area contributed by atoms with Gasteiger partial charge in [0.2, 0.25) is 5.95 Å². The smallest absolute Gasteiger partial charge is 0.410 e. The highest BCUT2D eigenvalue weighted by atomic mass is 79.9. The maximum Gasteiger partial charge on any atom is 0.419 e. The zero-order chi connectivity index (χ0) is 12.1. The van der Waals surface area contributed by atoms with E-state index in [2.05, 4.69) is 31.2 Å². The lowest BCUT2D eigenvalue weighted by Gasteiger charge is -2.04. The third kappa shape index (κ3) is 3.53. The first-order chi connectivity index (χ1) is 8.24. The molecule has 0 aliphatic carbocycles. The van der Waals surface area contributed by atoms with Crippen molar-refractivity contribution >= 4 is 28.0 Å². The molecule has 0 bridgehead atoms. The van der Waals surface area contributed by atoms with Gasteiger partial charge in [0.15, 0.2) is 0 Å². The Morgan fingerprint density at radius 2 is 1.82 bits per heavy atom. The third-order valence-corrected chi connectivity index (χ3v) is 2.20. The van der Waals surface area contributed by atoms with Gasteiger partial charge >= 0.3 is 6.09 Å². The van der Waals surface area contributed by atoms with E-state index in [0.29, 0.717) is 5.75 Å². The number of amides is 1. The molecule has 0 atom stereocenters. The van der Waals surface area contributed by atoms with Gasteiger partial charge in [0.1, 0.15) is 5.75 Å². The number of aromatic nitrogens is 2. The fraction of sp³-hybridized carbons (Fsp3) is 0. The Labute approximate surface area is 106 Å². The molecule has 0 saturated carbocycles. The van der Waals surface area contributed by atoms with E-state index in [-0.39, 0.29) is 5.95 Å². The topological polar surface area (TPSA) is 64.1 Å². The molecule has 0 fully saturated rings. The minimum Gasteiger partial charge on any atom is -0.410 e. The molecule has 1 aromatic carbocycles. The Bertz CT molecular complexity index is 502. The van der Waals surface area contributed by atoms with Crippen molar-refractivity contribution in [3.63, 3.8) is 0 Å². The Morgan fingerprint density at radius 3 is 2.47 bits per heavy atom. The lowest BCUT2D eigenvalue weighted by Crippen LogP contribution is -2.18. The highest BCUT2D eigenvalue weighted by Crippen LogP contribution is 2.10. The molecule has 2 aromatic rings. The largest absolute Gasteiger partial charge is 0.419 e. The molecule has 0 saturated heterocycles. The van der Waals surface area contributed by atoms with E-state index in [1.54, 1.807) is 24.3 Å². The zero-order valence-corrected chi connectivity index (χ0v) is 10.2. The first-order valence-electron chi connectivity index (χ1n) is 4.75. The lowest BCUT2D eigenvalue weighted by molar-refractivity contribution is 0.215. The van der Waals surface area contributed by atoms with Crippen LogP contribution in [-0.4, -0.2) is 16.1 Å². The maximum absolute atomic E-state index is 11.4. The lowest BCUT2D eigenvalue weighted by atomic mass is 10.3. The van der Waals surface area contributed by atoms with E-state index < -0.39 is 6.09 Å². The van der Waals surface area contributed by atoms with Crippen LogP contribution in [0.5, 0.6) is 5.75 Å². The molecule has 1 heterocycles. The molecule has 0 aliphatic rings. The molecule has 0 unspecified atom stereocenters. The number of carbonyl (C=O) groups excluding carboxylic acids is 1. The quantitative estimate of drug-likeness (QED) is 0.925. The van der Waals surface area contributed by atoms with Gasteiger partial charge in [-0.15, -0.1) is 0 Å². The summed E-state index contributed by atoms with van der Waals surface area (Å²) in [5.41, 5.74) is 0. The third-order valence-electron chi connectivity index (χ3n) is 1.79. The summed E-state index contributed by atoms with van der Waals surface area (Å²) in [5, 5.41) is 2.41. The number of nitrogens with one attached hydrogen (secondary N) is 1. The minimum absolute atomic E-state index is 0.189. The number of rotatable bonds is 2. The monoisotopic (exact) mass is 293 g/mol. The summed E-state index contributed by atoms with van der Waals surface area (Å²) in [4.78, 5) is 19.2. The van der Waals surface area contributed by atoms with E-state index >= 15 is 0 Å². The molecule has 2 rings (SSSR count). The number of ether oxygens (including phenoxy) is 1. The Hall–Kier alpha value is -1.95. The van der Waals surface area contributed by atoms with Crippen molar-refractivity contribution in [2.24, 2.45) is 0 Å². The molecular weight excluding hydrogens is 286 g/mol. The second-order valence-corrected chi connectivity index (χ2v) is 3.97. The minimum atomic E-state index is -0.626. The Balaban J connectivity index is 1.96. The van der Waals surface area contributed by atoms with Crippen molar-refractivity contribution < 1.29 is 9.53 Å². The van der Waals surface area contributed by atoms with Crippen LogP contribution in [0.25, 0.3) is 0 Å². The first kappa shape index (κ1) is 11.5. The fourth-order valence-electron chi connectivity index (χ4n) is 1.09. The van der Waals surface area contributed by atoms with Crippen LogP contribution in [0.1, 0.15) is 0 Å². The van der Waals surface area contributed by atoms with Crippen LogP contribution < -0.4 is 10.1 Å². The van der Waals surface area contributed by atoms with Gasteiger partial charge in [0, 0.05) is 12.4 Å². The summed E-state index contributed by atoms with van der Waals surface area (Å²) in [6.07, 6.45) is 2.44. The van der Waals surface area contributed by atoms with E-state index in [9.17, 15) is 4.79 Å².